The Kier molecular flexibility index (Phi) is 3.29. The fourth-order valence-electron chi connectivity index (χ4n) is 2.34. The van der Waals surface area contributed by atoms with E-state index in [9.17, 15) is 4.39 Å². The summed E-state index contributed by atoms with van der Waals surface area (Å²) in [6.07, 6.45) is 2.23. The standard InChI is InChI=1S/C14H19FO/c1-9(2)12-5-4-6-13(14(12)15)10-7-11(8-10)16-3/h4-6,9-11H,7-8H2,1-3H3/t10-,11-. The first-order valence-electron chi connectivity index (χ1n) is 5.94. The summed E-state index contributed by atoms with van der Waals surface area (Å²) in [5.41, 5.74) is 1.71. The molecule has 0 radical (unpaired) electrons. The van der Waals surface area contributed by atoms with E-state index in [1.165, 1.54) is 0 Å². The molecule has 0 aliphatic heterocycles. The smallest absolute Gasteiger partial charge is 0.130 e. The van der Waals surface area contributed by atoms with E-state index >= 15 is 0 Å². The topological polar surface area (TPSA) is 9.23 Å². The predicted octanol–water partition coefficient (Wildman–Crippen LogP) is 3.84. The zero-order valence-electron chi connectivity index (χ0n) is 10.2. The first-order valence-corrected chi connectivity index (χ1v) is 5.94. The summed E-state index contributed by atoms with van der Waals surface area (Å²) in [6.45, 7) is 4.06. The molecule has 1 aromatic carbocycles. The first-order chi connectivity index (χ1) is 7.63. The van der Waals surface area contributed by atoms with Crippen molar-refractivity contribution >= 4 is 0 Å². The molecule has 0 atom stereocenters. The minimum Gasteiger partial charge on any atom is -0.381 e. The highest BCUT2D eigenvalue weighted by molar-refractivity contribution is 5.32. The maximum atomic E-state index is 14.2. The molecule has 0 saturated heterocycles. The number of halogens is 1. The summed E-state index contributed by atoms with van der Waals surface area (Å²) in [5.74, 6) is 0.596. The second-order valence-corrected chi connectivity index (χ2v) is 4.93. The normalized spacial score (nSPS) is 24.6. The van der Waals surface area contributed by atoms with Crippen LogP contribution in [0.4, 0.5) is 4.39 Å². The van der Waals surface area contributed by atoms with Gasteiger partial charge in [0.15, 0.2) is 0 Å². The maximum Gasteiger partial charge on any atom is 0.130 e. The van der Waals surface area contributed by atoms with Crippen LogP contribution in [0, 0.1) is 5.82 Å². The molecule has 0 amide bonds. The SMILES string of the molecule is CO[C@H]1C[C@H](c2cccc(C(C)C)c2F)C1. The van der Waals surface area contributed by atoms with Gasteiger partial charge < -0.3 is 4.74 Å². The number of ether oxygens (including phenoxy) is 1. The van der Waals surface area contributed by atoms with Crippen LogP contribution in [0.25, 0.3) is 0 Å². The highest BCUT2D eigenvalue weighted by Gasteiger charge is 2.32. The van der Waals surface area contributed by atoms with Gasteiger partial charge in [-0.25, -0.2) is 4.39 Å². The Morgan fingerprint density at radius 3 is 2.56 bits per heavy atom. The van der Waals surface area contributed by atoms with Gasteiger partial charge in [0, 0.05) is 7.11 Å². The van der Waals surface area contributed by atoms with Crippen molar-refractivity contribution in [1.82, 2.24) is 0 Å². The monoisotopic (exact) mass is 222 g/mol. The van der Waals surface area contributed by atoms with Crippen molar-refractivity contribution < 1.29 is 9.13 Å². The average molecular weight is 222 g/mol. The van der Waals surface area contributed by atoms with Crippen LogP contribution in [0.5, 0.6) is 0 Å². The van der Waals surface area contributed by atoms with E-state index in [4.69, 9.17) is 4.74 Å². The molecule has 1 fully saturated rings. The summed E-state index contributed by atoms with van der Waals surface area (Å²) in [5, 5.41) is 0. The van der Waals surface area contributed by atoms with Crippen molar-refractivity contribution in [1.29, 1.82) is 0 Å². The highest BCUT2D eigenvalue weighted by Crippen LogP contribution is 2.40. The minimum atomic E-state index is -0.00273. The lowest BCUT2D eigenvalue weighted by Crippen LogP contribution is -2.29. The molecule has 1 aromatic rings. The molecule has 2 heteroatoms. The lowest BCUT2D eigenvalue weighted by atomic mass is 9.76. The zero-order valence-corrected chi connectivity index (χ0v) is 10.2. The molecule has 0 bridgehead atoms. The van der Waals surface area contributed by atoms with Crippen LogP contribution in [-0.4, -0.2) is 13.2 Å². The van der Waals surface area contributed by atoms with Gasteiger partial charge in [-0.1, -0.05) is 32.0 Å². The van der Waals surface area contributed by atoms with Gasteiger partial charge in [0.05, 0.1) is 6.10 Å². The Balaban J connectivity index is 2.19. The number of hydrogen-bond donors (Lipinski definition) is 0. The maximum absolute atomic E-state index is 14.2. The molecule has 0 unspecified atom stereocenters. The number of rotatable bonds is 3. The van der Waals surface area contributed by atoms with Gasteiger partial charge >= 0.3 is 0 Å². The van der Waals surface area contributed by atoms with Crippen LogP contribution >= 0.6 is 0 Å². The molecule has 88 valence electrons. The average Bonchev–Trinajstić information content (AvgIpc) is 2.18. The minimum absolute atomic E-state index is 0.00273. The summed E-state index contributed by atoms with van der Waals surface area (Å²) >= 11 is 0. The molecule has 1 saturated carbocycles. The van der Waals surface area contributed by atoms with Crippen LogP contribution in [0.3, 0.4) is 0 Å². The van der Waals surface area contributed by atoms with E-state index in [1.807, 2.05) is 32.0 Å². The van der Waals surface area contributed by atoms with Crippen LogP contribution in [0.1, 0.15) is 49.7 Å². The molecule has 0 spiro atoms. The number of benzene rings is 1. The highest BCUT2D eigenvalue weighted by atomic mass is 19.1. The third kappa shape index (κ3) is 1.99. The number of hydrogen-bond acceptors (Lipinski definition) is 1. The van der Waals surface area contributed by atoms with Crippen molar-refractivity contribution in [3.05, 3.63) is 35.1 Å². The molecule has 16 heavy (non-hydrogen) atoms. The molecular formula is C14H19FO. The van der Waals surface area contributed by atoms with Crippen molar-refractivity contribution in [2.24, 2.45) is 0 Å². The van der Waals surface area contributed by atoms with Crippen LogP contribution in [0.2, 0.25) is 0 Å². The van der Waals surface area contributed by atoms with Crippen LogP contribution < -0.4 is 0 Å². The van der Waals surface area contributed by atoms with Gasteiger partial charge in [-0.3, -0.25) is 0 Å². The molecule has 1 aliphatic rings. The lowest BCUT2D eigenvalue weighted by Gasteiger charge is -2.35. The lowest BCUT2D eigenvalue weighted by molar-refractivity contribution is 0.0249. The molecule has 1 aliphatic carbocycles. The Morgan fingerprint density at radius 1 is 1.31 bits per heavy atom. The van der Waals surface area contributed by atoms with Crippen molar-refractivity contribution in [3.63, 3.8) is 0 Å². The zero-order chi connectivity index (χ0) is 11.7. The fraction of sp³-hybridized carbons (Fsp3) is 0.571. The van der Waals surface area contributed by atoms with Crippen LogP contribution in [0.15, 0.2) is 18.2 Å². The van der Waals surface area contributed by atoms with Crippen LogP contribution in [-0.2, 0) is 4.74 Å². The van der Waals surface area contributed by atoms with E-state index in [0.29, 0.717) is 12.0 Å². The molecule has 1 nitrogen and oxygen atoms in total. The number of methoxy groups -OCH3 is 1. The third-order valence-corrected chi connectivity index (χ3v) is 3.55. The van der Waals surface area contributed by atoms with Crippen molar-refractivity contribution in [2.75, 3.05) is 7.11 Å². The van der Waals surface area contributed by atoms with Gasteiger partial charge in [-0.15, -0.1) is 0 Å². The van der Waals surface area contributed by atoms with Crippen molar-refractivity contribution in [2.45, 2.75) is 44.6 Å². The Hall–Kier alpha value is -0.890. The van der Waals surface area contributed by atoms with Gasteiger partial charge in [-0.05, 0) is 35.8 Å². The molecule has 0 aromatic heterocycles. The quantitative estimate of drug-likeness (QED) is 0.755. The van der Waals surface area contributed by atoms with E-state index in [-0.39, 0.29) is 11.7 Å². The summed E-state index contributed by atoms with van der Waals surface area (Å²) < 4.78 is 19.4. The molecular weight excluding hydrogens is 203 g/mol. The Labute approximate surface area is 96.6 Å². The van der Waals surface area contributed by atoms with Crippen molar-refractivity contribution in [3.8, 4) is 0 Å². The van der Waals surface area contributed by atoms with E-state index < -0.39 is 0 Å². The van der Waals surface area contributed by atoms with Gasteiger partial charge in [0.1, 0.15) is 5.82 Å². The second-order valence-electron chi connectivity index (χ2n) is 4.93. The fourth-order valence-corrected chi connectivity index (χ4v) is 2.34. The second kappa shape index (κ2) is 4.54. The van der Waals surface area contributed by atoms with E-state index in [2.05, 4.69) is 0 Å². The molecule has 0 N–H and O–H groups in total. The molecule has 0 heterocycles. The molecule has 2 rings (SSSR count). The van der Waals surface area contributed by atoms with Gasteiger partial charge in [-0.2, -0.15) is 0 Å². The Morgan fingerprint density at radius 2 is 2.00 bits per heavy atom. The van der Waals surface area contributed by atoms with Gasteiger partial charge in [0.2, 0.25) is 0 Å². The third-order valence-electron chi connectivity index (χ3n) is 3.55. The largest absolute Gasteiger partial charge is 0.381 e. The Bertz CT molecular complexity index is 367. The van der Waals surface area contributed by atoms with Gasteiger partial charge in [0.25, 0.3) is 0 Å². The summed E-state index contributed by atoms with van der Waals surface area (Å²) in [4.78, 5) is 0. The van der Waals surface area contributed by atoms with E-state index in [1.54, 1.807) is 7.11 Å². The van der Waals surface area contributed by atoms with E-state index in [0.717, 1.165) is 24.0 Å². The first kappa shape index (κ1) is 11.6. The predicted molar refractivity (Wildman–Crippen MR) is 63.3 cm³/mol. The summed E-state index contributed by atoms with van der Waals surface area (Å²) in [6, 6.07) is 5.77. The summed E-state index contributed by atoms with van der Waals surface area (Å²) in [7, 11) is 1.72.